The number of amides is 1. The van der Waals surface area contributed by atoms with E-state index in [9.17, 15) is 4.79 Å². The summed E-state index contributed by atoms with van der Waals surface area (Å²) >= 11 is 0. The van der Waals surface area contributed by atoms with Crippen LogP contribution in [0.2, 0.25) is 0 Å². The molecule has 4 heterocycles. The summed E-state index contributed by atoms with van der Waals surface area (Å²) in [5, 5.41) is 8.05. The Balaban J connectivity index is 1.40. The number of carbonyl (C=O) groups excluding carboxylic acids is 1. The molecule has 0 saturated carbocycles. The van der Waals surface area contributed by atoms with Crippen LogP contribution in [0, 0.1) is 5.92 Å². The molecule has 4 aromatic rings. The molecule has 0 aliphatic carbocycles. The van der Waals surface area contributed by atoms with Gasteiger partial charge in [-0.05, 0) is 60.0 Å². The highest BCUT2D eigenvalue weighted by Gasteiger charge is 2.15. The highest BCUT2D eigenvalue weighted by Crippen LogP contribution is 2.33. The predicted octanol–water partition coefficient (Wildman–Crippen LogP) is 4.07. The summed E-state index contributed by atoms with van der Waals surface area (Å²) in [5.74, 6) is 2.46. The fourth-order valence-electron chi connectivity index (χ4n) is 4.10. The maximum atomic E-state index is 11.8. The molecule has 3 aromatic heterocycles. The number of hydrogen-bond acceptors (Lipinski definition) is 8. The van der Waals surface area contributed by atoms with Gasteiger partial charge in [-0.15, -0.1) is 0 Å². The lowest BCUT2D eigenvalue weighted by molar-refractivity contribution is -0.130. The van der Waals surface area contributed by atoms with E-state index in [4.69, 9.17) is 14.8 Å². The van der Waals surface area contributed by atoms with E-state index < -0.39 is 0 Å². The second kappa shape index (κ2) is 10.9. The fourth-order valence-corrected chi connectivity index (χ4v) is 4.10. The van der Waals surface area contributed by atoms with E-state index in [1.807, 2.05) is 68.1 Å². The standard InChI is InChI=1S/C29H32N8O2/c1-18(2)20-13-27(34-31-15-20)33-26-11-10-24-25(32-26)12-21(14-30-24)23-16-37(5)35-29(23)19-6-8-22(9-7-19)39-17-28(38)36(3)4/h6-16,18,31,34H,17H2,1-5H3,(H,32,33). The molecule has 0 atom stereocenters. The summed E-state index contributed by atoms with van der Waals surface area (Å²) in [4.78, 5) is 22.8. The molecule has 1 aliphatic rings. The minimum absolute atomic E-state index is 0.00671. The van der Waals surface area contributed by atoms with E-state index in [1.165, 1.54) is 10.5 Å². The maximum Gasteiger partial charge on any atom is 0.259 e. The second-order valence-electron chi connectivity index (χ2n) is 9.88. The number of aromatic nitrogens is 4. The van der Waals surface area contributed by atoms with E-state index in [0.717, 1.165) is 39.2 Å². The van der Waals surface area contributed by atoms with Crippen molar-refractivity contribution in [1.29, 1.82) is 0 Å². The molecule has 0 radical (unpaired) electrons. The molecule has 1 aliphatic heterocycles. The summed E-state index contributed by atoms with van der Waals surface area (Å²) in [7, 11) is 5.30. The van der Waals surface area contributed by atoms with Crippen LogP contribution in [0.5, 0.6) is 5.75 Å². The molecule has 1 aromatic carbocycles. The van der Waals surface area contributed by atoms with Crippen LogP contribution in [0.25, 0.3) is 33.4 Å². The number of rotatable bonds is 8. The van der Waals surface area contributed by atoms with Crippen LogP contribution >= 0.6 is 0 Å². The summed E-state index contributed by atoms with van der Waals surface area (Å²) in [5.41, 5.74) is 12.6. The number of nitrogens with zero attached hydrogens (tertiary/aromatic N) is 5. The van der Waals surface area contributed by atoms with Crippen LogP contribution in [0.1, 0.15) is 13.8 Å². The zero-order valence-electron chi connectivity index (χ0n) is 22.7. The average molecular weight is 525 g/mol. The van der Waals surface area contributed by atoms with Crippen LogP contribution in [0.15, 0.2) is 78.5 Å². The lowest BCUT2D eigenvalue weighted by Gasteiger charge is -2.20. The molecular formula is C29H32N8O2. The van der Waals surface area contributed by atoms with Crippen LogP contribution in [-0.2, 0) is 11.8 Å². The number of hydrogen-bond donors (Lipinski definition) is 3. The zero-order chi connectivity index (χ0) is 27.5. The summed E-state index contributed by atoms with van der Waals surface area (Å²) in [6.07, 6.45) is 7.84. The topological polar surface area (TPSA) is 109 Å². The number of carbonyl (C=O) groups is 1. The molecule has 5 rings (SSSR count). The second-order valence-corrected chi connectivity index (χ2v) is 9.88. The van der Waals surface area contributed by atoms with Crippen molar-refractivity contribution in [2.24, 2.45) is 13.0 Å². The van der Waals surface area contributed by atoms with Crippen LogP contribution in [0.3, 0.4) is 0 Å². The third kappa shape index (κ3) is 5.85. The van der Waals surface area contributed by atoms with Crippen molar-refractivity contribution in [3.05, 3.63) is 78.5 Å². The van der Waals surface area contributed by atoms with Crippen molar-refractivity contribution in [3.8, 4) is 28.1 Å². The molecule has 0 spiro atoms. The van der Waals surface area contributed by atoms with Gasteiger partial charge >= 0.3 is 0 Å². The molecule has 0 fully saturated rings. The first-order valence-electron chi connectivity index (χ1n) is 12.7. The van der Waals surface area contributed by atoms with E-state index in [2.05, 4.69) is 41.1 Å². The van der Waals surface area contributed by atoms with Gasteiger partial charge in [-0.25, -0.2) is 4.98 Å². The van der Waals surface area contributed by atoms with Crippen LogP contribution in [-0.4, -0.2) is 51.3 Å². The number of fused-ring (bicyclic) bond motifs is 1. The quantitative estimate of drug-likeness (QED) is 0.317. The van der Waals surface area contributed by atoms with Crippen molar-refractivity contribution < 1.29 is 9.53 Å². The van der Waals surface area contributed by atoms with Gasteiger partial charge in [0.1, 0.15) is 23.1 Å². The Morgan fingerprint density at radius 2 is 1.90 bits per heavy atom. The Morgan fingerprint density at radius 3 is 2.64 bits per heavy atom. The number of nitrogens with one attached hydrogen (secondary N) is 3. The van der Waals surface area contributed by atoms with Crippen molar-refractivity contribution >= 4 is 22.8 Å². The number of likely N-dealkylation sites (N-methyl/N-ethyl adjacent to an activating group) is 1. The van der Waals surface area contributed by atoms with Crippen LogP contribution < -0.4 is 20.9 Å². The number of allylic oxidation sites excluding steroid dienone is 2. The van der Waals surface area contributed by atoms with Gasteiger partial charge < -0.3 is 20.4 Å². The van der Waals surface area contributed by atoms with Gasteiger partial charge in [0.05, 0.1) is 11.0 Å². The Kier molecular flexibility index (Phi) is 7.18. The molecule has 10 nitrogen and oxygen atoms in total. The maximum absolute atomic E-state index is 11.8. The highest BCUT2D eigenvalue weighted by molar-refractivity contribution is 5.86. The lowest BCUT2D eigenvalue weighted by atomic mass is 10.0. The number of anilines is 1. The number of pyridine rings is 2. The van der Waals surface area contributed by atoms with Crippen molar-refractivity contribution in [3.63, 3.8) is 0 Å². The van der Waals surface area contributed by atoms with Crippen LogP contribution in [0.4, 0.5) is 5.82 Å². The summed E-state index contributed by atoms with van der Waals surface area (Å²) < 4.78 is 7.40. The van der Waals surface area contributed by atoms with Crippen molar-refractivity contribution in [2.75, 3.05) is 26.0 Å². The molecule has 0 unspecified atom stereocenters. The van der Waals surface area contributed by atoms with E-state index in [0.29, 0.717) is 17.5 Å². The Hall–Kier alpha value is -4.86. The van der Waals surface area contributed by atoms with Crippen molar-refractivity contribution in [2.45, 2.75) is 13.8 Å². The number of aryl methyl sites for hydroxylation is 1. The van der Waals surface area contributed by atoms with Gasteiger partial charge in [0.15, 0.2) is 6.61 Å². The summed E-state index contributed by atoms with van der Waals surface area (Å²) in [6.45, 7) is 4.29. The Morgan fingerprint density at radius 1 is 1.10 bits per heavy atom. The molecular weight excluding hydrogens is 492 g/mol. The fraction of sp³-hybridized carbons (Fsp3) is 0.241. The van der Waals surface area contributed by atoms with Crippen molar-refractivity contribution in [1.82, 2.24) is 35.5 Å². The first-order valence-corrected chi connectivity index (χ1v) is 12.7. The molecule has 3 N–H and O–H groups in total. The third-order valence-electron chi connectivity index (χ3n) is 6.35. The molecule has 200 valence electrons. The molecule has 10 heteroatoms. The molecule has 0 saturated heterocycles. The van der Waals surface area contributed by atoms with Gasteiger partial charge in [0.25, 0.3) is 5.91 Å². The summed E-state index contributed by atoms with van der Waals surface area (Å²) in [6, 6.07) is 13.5. The first-order chi connectivity index (χ1) is 18.8. The molecule has 1 amide bonds. The SMILES string of the molecule is CC(C)C1=CNNC(Nc2ccc3ncc(-c4cn(C)nc4-c4ccc(OCC(=O)N(C)C)cc4)cc3n2)=C1. The largest absolute Gasteiger partial charge is 0.484 e. The minimum Gasteiger partial charge on any atom is -0.484 e. The van der Waals surface area contributed by atoms with Gasteiger partial charge in [-0.1, -0.05) is 13.8 Å². The smallest absolute Gasteiger partial charge is 0.259 e. The number of benzene rings is 1. The number of ether oxygens (including phenoxy) is 1. The Labute approximate surface area is 227 Å². The molecule has 39 heavy (non-hydrogen) atoms. The third-order valence-corrected chi connectivity index (χ3v) is 6.35. The minimum atomic E-state index is -0.0950. The number of hydrazine groups is 1. The zero-order valence-corrected chi connectivity index (χ0v) is 22.7. The molecule has 0 bridgehead atoms. The van der Waals surface area contributed by atoms with Gasteiger partial charge in [0.2, 0.25) is 0 Å². The van der Waals surface area contributed by atoms with Gasteiger partial charge in [-0.2, -0.15) is 5.10 Å². The van der Waals surface area contributed by atoms with Gasteiger partial charge in [-0.3, -0.25) is 19.9 Å². The Bertz CT molecular complexity index is 1570. The van der Waals surface area contributed by atoms with E-state index in [1.54, 1.807) is 18.8 Å². The monoisotopic (exact) mass is 524 g/mol. The van der Waals surface area contributed by atoms with Gasteiger partial charge in [0, 0.05) is 56.4 Å². The predicted molar refractivity (Wildman–Crippen MR) is 152 cm³/mol. The first kappa shape index (κ1) is 25.8. The lowest BCUT2D eigenvalue weighted by Crippen LogP contribution is -2.33. The normalized spacial score (nSPS) is 12.9. The highest BCUT2D eigenvalue weighted by atomic mass is 16.5. The average Bonchev–Trinajstić information content (AvgIpc) is 3.33. The van der Waals surface area contributed by atoms with E-state index in [-0.39, 0.29) is 12.5 Å². The van der Waals surface area contributed by atoms with E-state index >= 15 is 0 Å².